The minimum Gasteiger partial charge on any atom is -0.494 e. The molecular weight excluding hydrogens is 285 g/mol. The van der Waals surface area contributed by atoms with Gasteiger partial charge in [0.1, 0.15) is 0 Å². The Balaban J connectivity index is 2.06. The fourth-order valence-corrected chi connectivity index (χ4v) is 3.15. The zero-order valence-corrected chi connectivity index (χ0v) is 13.0. The normalized spacial score (nSPS) is 17.0. The number of hydrogen-bond donors (Lipinski definition) is 2. The molecule has 22 heavy (non-hydrogen) atoms. The number of nitrogens with one attached hydrogen (secondary N) is 1. The van der Waals surface area contributed by atoms with Crippen molar-refractivity contribution in [2.75, 3.05) is 13.7 Å². The second-order valence-corrected chi connectivity index (χ2v) is 5.84. The minimum atomic E-state index is -0.488. The molecule has 0 heterocycles. The van der Waals surface area contributed by atoms with Crippen LogP contribution >= 0.6 is 0 Å². The van der Waals surface area contributed by atoms with Gasteiger partial charge in [-0.1, -0.05) is 19.3 Å². The topological polar surface area (TPSA) is 58.6 Å². The van der Waals surface area contributed by atoms with Crippen molar-refractivity contribution in [1.82, 2.24) is 5.32 Å². The Hall–Kier alpha value is -1.62. The van der Waals surface area contributed by atoms with E-state index in [4.69, 9.17) is 4.74 Å². The molecule has 2 rings (SSSR count). The SMILES string of the molecule is COc1cc(C(=O)NC(CCO)C2CCCCC2)ccc1F. The summed E-state index contributed by atoms with van der Waals surface area (Å²) in [5.74, 6) is -0.267. The van der Waals surface area contributed by atoms with E-state index in [0.29, 0.717) is 17.9 Å². The van der Waals surface area contributed by atoms with Crippen LogP contribution in [-0.2, 0) is 0 Å². The maximum absolute atomic E-state index is 13.4. The highest BCUT2D eigenvalue weighted by atomic mass is 19.1. The van der Waals surface area contributed by atoms with Gasteiger partial charge in [-0.05, 0) is 43.4 Å². The van der Waals surface area contributed by atoms with Gasteiger partial charge in [0.05, 0.1) is 7.11 Å². The molecule has 1 fully saturated rings. The van der Waals surface area contributed by atoms with Crippen molar-refractivity contribution in [2.45, 2.75) is 44.6 Å². The number of methoxy groups -OCH3 is 1. The van der Waals surface area contributed by atoms with Gasteiger partial charge < -0.3 is 15.2 Å². The molecule has 1 amide bonds. The van der Waals surface area contributed by atoms with Crippen molar-refractivity contribution in [3.05, 3.63) is 29.6 Å². The predicted molar refractivity (Wildman–Crippen MR) is 82.5 cm³/mol. The molecular formula is C17H24FNO3. The number of carbonyl (C=O) groups excluding carboxylic acids is 1. The molecule has 2 N–H and O–H groups in total. The fraction of sp³-hybridized carbons (Fsp3) is 0.588. The van der Waals surface area contributed by atoms with Crippen LogP contribution in [0.1, 0.15) is 48.9 Å². The predicted octanol–water partition coefficient (Wildman–Crippen LogP) is 2.90. The molecule has 1 aromatic rings. The molecule has 0 aliphatic heterocycles. The average Bonchev–Trinajstić information content (AvgIpc) is 2.55. The lowest BCUT2D eigenvalue weighted by Gasteiger charge is -2.30. The lowest BCUT2D eigenvalue weighted by molar-refractivity contribution is 0.0899. The first-order chi connectivity index (χ1) is 10.7. The summed E-state index contributed by atoms with van der Waals surface area (Å²) in [4.78, 5) is 12.4. The van der Waals surface area contributed by atoms with Crippen molar-refractivity contribution < 1.29 is 19.0 Å². The Kier molecular flexibility index (Phi) is 6.19. The number of benzene rings is 1. The number of hydrogen-bond acceptors (Lipinski definition) is 3. The molecule has 122 valence electrons. The zero-order chi connectivity index (χ0) is 15.9. The second kappa shape index (κ2) is 8.13. The van der Waals surface area contributed by atoms with Gasteiger partial charge >= 0.3 is 0 Å². The summed E-state index contributed by atoms with van der Waals surface area (Å²) in [7, 11) is 1.37. The number of aliphatic hydroxyl groups is 1. The molecule has 0 aromatic heterocycles. The summed E-state index contributed by atoms with van der Waals surface area (Å²) in [6.45, 7) is 0.0498. The van der Waals surface area contributed by atoms with Crippen LogP contribution in [0.3, 0.4) is 0 Å². The minimum absolute atomic E-state index is 0.0335. The summed E-state index contributed by atoms with van der Waals surface area (Å²) in [5, 5.41) is 12.2. The molecule has 4 nitrogen and oxygen atoms in total. The molecule has 0 radical (unpaired) electrons. The molecule has 0 saturated heterocycles. The third-order valence-electron chi connectivity index (χ3n) is 4.39. The lowest BCUT2D eigenvalue weighted by Crippen LogP contribution is -2.41. The molecule has 1 unspecified atom stereocenters. The molecule has 1 aliphatic rings. The van der Waals surface area contributed by atoms with Crippen LogP contribution in [0.15, 0.2) is 18.2 Å². The maximum atomic E-state index is 13.4. The number of halogens is 1. The second-order valence-electron chi connectivity index (χ2n) is 5.84. The highest BCUT2D eigenvalue weighted by Crippen LogP contribution is 2.28. The Morgan fingerprint density at radius 2 is 2.14 bits per heavy atom. The maximum Gasteiger partial charge on any atom is 0.251 e. The standard InChI is InChI=1S/C17H24FNO3/c1-22-16-11-13(7-8-14(16)18)17(21)19-15(9-10-20)12-5-3-2-4-6-12/h7-8,11-12,15,20H,2-6,9-10H2,1H3,(H,19,21). The first-order valence-electron chi connectivity index (χ1n) is 7.91. The third-order valence-corrected chi connectivity index (χ3v) is 4.39. The smallest absolute Gasteiger partial charge is 0.251 e. The van der Waals surface area contributed by atoms with Crippen LogP contribution in [-0.4, -0.2) is 30.8 Å². The van der Waals surface area contributed by atoms with Gasteiger partial charge in [-0.3, -0.25) is 4.79 Å². The first-order valence-corrected chi connectivity index (χ1v) is 7.91. The number of rotatable bonds is 6. The first kappa shape index (κ1) is 16.7. The molecule has 5 heteroatoms. The van der Waals surface area contributed by atoms with Gasteiger partial charge in [0.25, 0.3) is 5.91 Å². The van der Waals surface area contributed by atoms with Gasteiger partial charge in [0.15, 0.2) is 11.6 Å². The van der Waals surface area contributed by atoms with Gasteiger partial charge in [-0.25, -0.2) is 4.39 Å². The summed E-state index contributed by atoms with van der Waals surface area (Å²) in [6.07, 6.45) is 6.30. The molecule has 0 bridgehead atoms. The van der Waals surface area contributed by atoms with Gasteiger partial charge in [-0.15, -0.1) is 0 Å². The van der Waals surface area contributed by atoms with E-state index < -0.39 is 5.82 Å². The van der Waals surface area contributed by atoms with E-state index in [9.17, 15) is 14.3 Å². The van der Waals surface area contributed by atoms with Crippen molar-refractivity contribution >= 4 is 5.91 Å². The highest BCUT2D eigenvalue weighted by Gasteiger charge is 2.25. The van der Waals surface area contributed by atoms with Crippen molar-refractivity contribution in [1.29, 1.82) is 0 Å². The Bertz CT molecular complexity index is 501. The van der Waals surface area contributed by atoms with Crippen LogP contribution in [0, 0.1) is 11.7 Å². The molecule has 1 atom stereocenters. The molecule has 1 aromatic carbocycles. The van der Waals surface area contributed by atoms with Crippen LogP contribution < -0.4 is 10.1 Å². The molecule has 1 saturated carbocycles. The Morgan fingerprint density at radius 1 is 1.41 bits per heavy atom. The van der Waals surface area contributed by atoms with Gasteiger partial charge in [0.2, 0.25) is 0 Å². The van der Waals surface area contributed by atoms with Crippen LogP contribution in [0.2, 0.25) is 0 Å². The fourth-order valence-electron chi connectivity index (χ4n) is 3.15. The van der Waals surface area contributed by atoms with E-state index in [0.717, 1.165) is 12.8 Å². The Morgan fingerprint density at radius 3 is 2.77 bits per heavy atom. The van der Waals surface area contributed by atoms with E-state index in [2.05, 4.69) is 5.32 Å². The number of amides is 1. The summed E-state index contributed by atoms with van der Waals surface area (Å²) >= 11 is 0. The zero-order valence-electron chi connectivity index (χ0n) is 13.0. The summed E-state index contributed by atoms with van der Waals surface area (Å²) in [5.41, 5.74) is 0.372. The van der Waals surface area contributed by atoms with E-state index in [1.807, 2.05) is 0 Å². The highest BCUT2D eigenvalue weighted by molar-refractivity contribution is 5.94. The lowest BCUT2D eigenvalue weighted by atomic mass is 9.82. The number of carbonyl (C=O) groups is 1. The van der Waals surface area contributed by atoms with E-state index in [-0.39, 0.29) is 24.3 Å². The van der Waals surface area contributed by atoms with E-state index in [1.54, 1.807) is 0 Å². The van der Waals surface area contributed by atoms with E-state index >= 15 is 0 Å². The quantitative estimate of drug-likeness (QED) is 0.849. The van der Waals surface area contributed by atoms with Gasteiger partial charge in [-0.2, -0.15) is 0 Å². The van der Waals surface area contributed by atoms with Crippen molar-refractivity contribution in [2.24, 2.45) is 5.92 Å². The molecule has 1 aliphatic carbocycles. The van der Waals surface area contributed by atoms with Gasteiger partial charge in [0, 0.05) is 18.2 Å². The van der Waals surface area contributed by atoms with Crippen molar-refractivity contribution in [3.63, 3.8) is 0 Å². The van der Waals surface area contributed by atoms with Crippen LogP contribution in [0.5, 0.6) is 5.75 Å². The summed E-state index contributed by atoms with van der Waals surface area (Å²) < 4.78 is 18.3. The number of ether oxygens (including phenoxy) is 1. The Labute approximate surface area is 130 Å². The molecule has 0 spiro atoms. The average molecular weight is 309 g/mol. The largest absolute Gasteiger partial charge is 0.494 e. The number of aliphatic hydroxyl groups excluding tert-OH is 1. The summed E-state index contributed by atoms with van der Waals surface area (Å²) in [6, 6.07) is 4.05. The van der Waals surface area contributed by atoms with Crippen LogP contribution in [0.4, 0.5) is 4.39 Å². The van der Waals surface area contributed by atoms with Crippen LogP contribution in [0.25, 0.3) is 0 Å². The third kappa shape index (κ3) is 4.19. The van der Waals surface area contributed by atoms with Crippen molar-refractivity contribution in [3.8, 4) is 5.75 Å². The van der Waals surface area contributed by atoms with E-state index in [1.165, 1.54) is 44.6 Å². The monoisotopic (exact) mass is 309 g/mol.